The zero-order valence-electron chi connectivity index (χ0n) is 9.36. The highest BCUT2D eigenvalue weighted by atomic mass is 127. The molecule has 94 valence electrons. The van der Waals surface area contributed by atoms with E-state index in [4.69, 9.17) is 14.2 Å². The van der Waals surface area contributed by atoms with Gasteiger partial charge >= 0.3 is 0 Å². The van der Waals surface area contributed by atoms with Crippen molar-refractivity contribution in [2.75, 3.05) is 26.9 Å². The molecule has 1 aromatic rings. The number of aromatic amines is 1. The zero-order valence-corrected chi connectivity index (χ0v) is 11.5. The molecule has 0 spiro atoms. The molecule has 1 atom stereocenters. The molecular weight excluding hydrogens is 339 g/mol. The fourth-order valence-corrected chi connectivity index (χ4v) is 1.97. The van der Waals surface area contributed by atoms with E-state index in [1.807, 2.05) is 22.6 Å². The smallest absolute Gasteiger partial charge is 0.264 e. The molecule has 1 N–H and O–H groups in total. The van der Waals surface area contributed by atoms with Crippen LogP contribution in [0.3, 0.4) is 0 Å². The van der Waals surface area contributed by atoms with E-state index >= 15 is 0 Å². The summed E-state index contributed by atoms with van der Waals surface area (Å²) in [7, 11) is 1.57. The Bertz CT molecular complexity index is 442. The number of methoxy groups -OCH3 is 1. The first-order chi connectivity index (χ1) is 8.22. The van der Waals surface area contributed by atoms with Crippen LogP contribution in [-0.4, -0.2) is 36.9 Å². The van der Waals surface area contributed by atoms with Gasteiger partial charge in [0, 0.05) is 7.11 Å². The van der Waals surface area contributed by atoms with Crippen molar-refractivity contribution in [2.45, 2.75) is 12.7 Å². The molecule has 1 fully saturated rings. The summed E-state index contributed by atoms with van der Waals surface area (Å²) < 4.78 is 16.3. The van der Waals surface area contributed by atoms with Crippen LogP contribution in [-0.2, 0) is 20.8 Å². The Morgan fingerprint density at radius 2 is 2.41 bits per heavy atom. The number of nitrogens with zero attached hydrogens (tertiary/aromatic N) is 1. The molecular formula is C10H13IN2O4. The molecule has 1 unspecified atom stereocenters. The second-order valence-corrected chi connectivity index (χ2v) is 4.66. The van der Waals surface area contributed by atoms with E-state index in [1.165, 1.54) is 0 Å². The van der Waals surface area contributed by atoms with Gasteiger partial charge in [0.05, 0.1) is 32.1 Å². The molecule has 1 saturated heterocycles. The van der Waals surface area contributed by atoms with Crippen molar-refractivity contribution in [3.05, 3.63) is 25.4 Å². The lowest BCUT2D eigenvalue weighted by atomic mass is 10.3. The molecule has 1 aliphatic heterocycles. The average Bonchev–Trinajstić information content (AvgIpc) is 2.36. The van der Waals surface area contributed by atoms with Crippen molar-refractivity contribution in [1.29, 1.82) is 0 Å². The van der Waals surface area contributed by atoms with E-state index in [0.29, 0.717) is 41.5 Å². The van der Waals surface area contributed by atoms with Gasteiger partial charge in [0.2, 0.25) is 0 Å². The van der Waals surface area contributed by atoms with Crippen molar-refractivity contribution in [2.24, 2.45) is 0 Å². The molecule has 7 heteroatoms. The summed E-state index contributed by atoms with van der Waals surface area (Å²) in [4.78, 5) is 18.8. The van der Waals surface area contributed by atoms with Gasteiger partial charge in [0.1, 0.15) is 15.5 Å². The molecule has 0 amide bonds. The first-order valence-electron chi connectivity index (χ1n) is 5.19. The maximum atomic E-state index is 11.7. The second kappa shape index (κ2) is 5.89. The molecule has 17 heavy (non-hydrogen) atoms. The Kier molecular flexibility index (Phi) is 4.48. The van der Waals surface area contributed by atoms with Crippen LogP contribution in [0, 0.1) is 3.57 Å². The fourth-order valence-electron chi connectivity index (χ4n) is 1.56. The summed E-state index contributed by atoms with van der Waals surface area (Å²) >= 11 is 1.96. The highest BCUT2D eigenvalue weighted by molar-refractivity contribution is 14.1. The molecule has 0 bridgehead atoms. The second-order valence-electron chi connectivity index (χ2n) is 3.58. The van der Waals surface area contributed by atoms with Gasteiger partial charge in [0.25, 0.3) is 5.56 Å². The maximum Gasteiger partial charge on any atom is 0.264 e. The predicted octanol–water partition coefficient (Wildman–Crippen LogP) is 0.609. The van der Waals surface area contributed by atoms with Crippen LogP contribution in [0.1, 0.15) is 17.6 Å². The number of hydrogen-bond donors (Lipinski definition) is 1. The molecule has 0 aromatic carbocycles. The Morgan fingerprint density at radius 1 is 1.59 bits per heavy atom. The molecule has 1 aliphatic rings. The van der Waals surface area contributed by atoms with Crippen LogP contribution < -0.4 is 5.56 Å². The Hall–Kier alpha value is -0.510. The molecule has 1 aromatic heterocycles. The minimum atomic E-state index is -0.302. The summed E-state index contributed by atoms with van der Waals surface area (Å²) in [6.45, 7) is 1.81. The molecule has 2 heterocycles. The van der Waals surface area contributed by atoms with Gasteiger partial charge in [-0.3, -0.25) is 4.79 Å². The number of halogens is 1. The number of hydrogen-bond acceptors (Lipinski definition) is 5. The monoisotopic (exact) mass is 352 g/mol. The third-order valence-corrected chi connectivity index (χ3v) is 3.46. The third kappa shape index (κ3) is 3.03. The van der Waals surface area contributed by atoms with Gasteiger partial charge in [-0.2, -0.15) is 0 Å². The van der Waals surface area contributed by atoms with Crippen molar-refractivity contribution in [3.8, 4) is 0 Å². The van der Waals surface area contributed by atoms with Crippen LogP contribution >= 0.6 is 22.6 Å². The Labute approximate surface area is 112 Å². The molecule has 0 saturated carbocycles. The molecule has 0 aliphatic carbocycles. The van der Waals surface area contributed by atoms with Crippen molar-refractivity contribution >= 4 is 22.6 Å². The van der Waals surface area contributed by atoms with E-state index < -0.39 is 0 Å². The number of aromatic nitrogens is 2. The fraction of sp³-hybridized carbons (Fsp3) is 0.600. The standard InChI is InChI=1S/C10H13IN2O4/c1-15-4-6-8(11)10(14)13-9(12-6)7-5-16-2-3-17-7/h7H,2-5H2,1H3,(H,12,13,14). The zero-order chi connectivity index (χ0) is 12.3. The van der Waals surface area contributed by atoms with E-state index in [9.17, 15) is 4.79 Å². The number of nitrogens with one attached hydrogen (secondary N) is 1. The lowest BCUT2D eigenvalue weighted by Gasteiger charge is -2.22. The Morgan fingerprint density at radius 3 is 3.06 bits per heavy atom. The number of H-pyrrole nitrogens is 1. The van der Waals surface area contributed by atoms with Gasteiger partial charge in [-0.15, -0.1) is 0 Å². The largest absolute Gasteiger partial charge is 0.378 e. The minimum absolute atomic E-state index is 0.170. The van der Waals surface area contributed by atoms with Gasteiger partial charge in [-0.05, 0) is 22.6 Å². The lowest BCUT2D eigenvalue weighted by Crippen LogP contribution is -2.27. The van der Waals surface area contributed by atoms with E-state index in [1.54, 1.807) is 7.11 Å². The highest BCUT2D eigenvalue weighted by Gasteiger charge is 2.21. The molecule has 6 nitrogen and oxygen atoms in total. The van der Waals surface area contributed by atoms with E-state index in [0.717, 1.165) is 0 Å². The van der Waals surface area contributed by atoms with Crippen LogP contribution in [0.5, 0.6) is 0 Å². The molecule has 2 rings (SSSR count). The lowest BCUT2D eigenvalue weighted by molar-refractivity contribution is -0.0937. The topological polar surface area (TPSA) is 73.4 Å². The van der Waals surface area contributed by atoms with E-state index in [2.05, 4.69) is 9.97 Å². The summed E-state index contributed by atoms with van der Waals surface area (Å²) in [6.07, 6.45) is -0.302. The maximum absolute atomic E-state index is 11.7. The SMILES string of the molecule is COCc1nc(C2COCCO2)[nH]c(=O)c1I. The first kappa shape index (κ1) is 12.9. The van der Waals surface area contributed by atoms with E-state index in [-0.39, 0.29) is 11.7 Å². The summed E-state index contributed by atoms with van der Waals surface area (Å²) in [6, 6.07) is 0. The normalized spacial score (nSPS) is 20.5. The Balaban J connectivity index is 2.30. The third-order valence-electron chi connectivity index (χ3n) is 2.35. The summed E-state index contributed by atoms with van der Waals surface area (Å²) in [5.74, 6) is 0.502. The number of rotatable bonds is 3. The minimum Gasteiger partial charge on any atom is -0.378 e. The summed E-state index contributed by atoms with van der Waals surface area (Å²) in [5, 5.41) is 0. The molecule has 0 radical (unpaired) electrons. The number of ether oxygens (including phenoxy) is 3. The summed E-state index contributed by atoms with van der Waals surface area (Å²) in [5.41, 5.74) is 0.456. The van der Waals surface area contributed by atoms with Crippen molar-refractivity contribution in [3.63, 3.8) is 0 Å². The van der Waals surface area contributed by atoms with Crippen LogP contribution in [0.25, 0.3) is 0 Å². The first-order valence-corrected chi connectivity index (χ1v) is 6.27. The van der Waals surface area contributed by atoms with Gasteiger partial charge in [-0.25, -0.2) is 4.98 Å². The van der Waals surface area contributed by atoms with Gasteiger partial charge < -0.3 is 19.2 Å². The van der Waals surface area contributed by atoms with Crippen LogP contribution in [0.2, 0.25) is 0 Å². The van der Waals surface area contributed by atoms with Crippen LogP contribution in [0.4, 0.5) is 0 Å². The van der Waals surface area contributed by atoms with Crippen molar-refractivity contribution < 1.29 is 14.2 Å². The van der Waals surface area contributed by atoms with Gasteiger partial charge in [0.15, 0.2) is 0 Å². The van der Waals surface area contributed by atoms with Crippen molar-refractivity contribution in [1.82, 2.24) is 9.97 Å². The van der Waals surface area contributed by atoms with Gasteiger partial charge in [-0.1, -0.05) is 0 Å². The quantitative estimate of drug-likeness (QED) is 0.807. The van der Waals surface area contributed by atoms with Crippen LogP contribution in [0.15, 0.2) is 4.79 Å². The highest BCUT2D eigenvalue weighted by Crippen LogP contribution is 2.17. The predicted molar refractivity (Wildman–Crippen MR) is 67.8 cm³/mol. The average molecular weight is 352 g/mol.